The van der Waals surface area contributed by atoms with Crippen molar-refractivity contribution in [3.63, 3.8) is 0 Å². The lowest BCUT2D eigenvalue weighted by Gasteiger charge is -2.10. The lowest BCUT2D eigenvalue weighted by molar-refractivity contribution is 0.0600. The zero-order chi connectivity index (χ0) is 19.9. The number of anilines is 1. The van der Waals surface area contributed by atoms with E-state index in [2.05, 4.69) is 10.1 Å². The molecule has 142 valence electrons. The standard InChI is InChI=1S/C22H18FNO4/c1-27-22(26)17-10-8-16(9-11-17)21(25)24-19-6-3-7-20(13-19)28-14-15-4-2-5-18(23)12-15/h2-13H,14H2,1H3,(H,24,25). The molecule has 0 bridgehead atoms. The summed E-state index contributed by atoms with van der Waals surface area (Å²) in [5.41, 5.74) is 2.03. The second-order valence-corrected chi connectivity index (χ2v) is 5.97. The van der Waals surface area contributed by atoms with Crippen molar-refractivity contribution in [1.29, 1.82) is 0 Å². The first-order valence-corrected chi connectivity index (χ1v) is 8.52. The summed E-state index contributed by atoms with van der Waals surface area (Å²) in [7, 11) is 1.30. The molecule has 5 nitrogen and oxygen atoms in total. The lowest BCUT2D eigenvalue weighted by Crippen LogP contribution is -2.12. The van der Waals surface area contributed by atoms with Gasteiger partial charge in [-0.2, -0.15) is 0 Å². The van der Waals surface area contributed by atoms with Crippen LogP contribution in [0.5, 0.6) is 5.75 Å². The fraction of sp³-hybridized carbons (Fsp3) is 0.0909. The molecule has 0 fully saturated rings. The van der Waals surface area contributed by atoms with Crippen molar-refractivity contribution >= 4 is 17.6 Å². The van der Waals surface area contributed by atoms with Gasteiger partial charge in [-0.1, -0.05) is 18.2 Å². The van der Waals surface area contributed by atoms with Crippen LogP contribution in [0.15, 0.2) is 72.8 Å². The molecule has 1 N–H and O–H groups in total. The van der Waals surface area contributed by atoms with Crippen LogP contribution >= 0.6 is 0 Å². The minimum absolute atomic E-state index is 0.212. The van der Waals surface area contributed by atoms with Crippen molar-refractivity contribution in [2.24, 2.45) is 0 Å². The Kier molecular flexibility index (Phi) is 6.01. The topological polar surface area (TPSA) is 64.6 Å². The van der Waals surface area contributed by atoms with Gasteiger partial charge in [-0.3, -0.25) is 4.79 Å². The van der Waals surface area contributed by atoms with Gasteiger partial charge in [-0.15, -0.1) is 0 Å². The molecule has 3 aromatic rings. The van der Waals surface area contributed by atoms with Gasteiger partial charge in [0.15, 0.2) is 0 Å². The number of esters is 1. The minimum atomic E-state index is -0.463. The summed E-state index contributed by atoms with van der Waals surface area (Å²) in [6, 6.07) is 19.2. The third-order valence-corrected chi connectivity index (χ3v) is 3.95. The summed E-state index contributed by atoms with van der Waals surface area (Å²) in [6.45, 7) is 0.212. The van der Waals surface area contributed by atoms with Crippen molar-refractivity contribution in [1.82, 2.24) is 0 Å². The molecule has 0 aliphatic rings. The van der Waals surface area contributed by atoms with E-state index in [1.807, 2.05) is 0 Å². The van der Waals surface area contributed by atoms with Crippen LogP contribution in [0.4, 0.5) is 10.1 Å². The Morgan fingerprint density at radius 1 is 0.929 bits per heavy atom. The second kappa shape index (κ2) is 8.81. The lowest BCUT2D eigenvalue weighted by atomic mass is 10.1. The van der Waals surface area contributed by atoms with Gasteiger partial charge < -0.3 is 14.8 Å². The van der Waals surface area contributed by atoms with E-state index in [9.17, 15) is 14.0 Å². The Morgan fingerprint density at radius 3 is 2.36 bits per heavy atom. The predicted molar refractivity (Wildman–Crippen MR) is 103 cm³/mol. The molecule has 0 spiro atoms. The van der Waals surface area contributed by atoms with Crippen LogP contribution in [0, 0.1) is 5.82 Å². The van der Waals surface area contributed by atoms with Crippen molar-refractivity contribution in [3.05, 3.63) is 95.3 Å². The SMILES string of the molecule is COC(=O)c1ccc(C(=O)Nc2cccc(OCc3cccc(F)c3)c2)cc1. The molecule has 0 unspecified atom stereocenters. The van der Waals surface area contributed by atoms with Crippen LogP contribution in [0.25, 0.3) is 0 Å². The van der Waals surface area contributed by atoms with Crippen LogP contribution < -0.4 is 10.1 Å². The molecule has 0 heterocycles. The molecule has 0 saturated carbocycles. The highest BCUT2D eigenvalue weighted by Gasteiger charge is 2.10. The molecule has 0 atom stereocenters. The van der Waals surface area contributed by atoms with Crippen LogP contribution in [0.2, 0.25) is 0 Å². The molecule has 1 amide bonds. The average Bonchev–Trinajstić information content (AvgIpc) is 2.72. The smallest absolute Gasteiger partial charge is 0.337 e. The number of halogens is 1. The van der Waals surface area contributed by atoms with Crippen LogP contribution in [0.1, 0.15) is 26.3 Å². The van der Waals surface area contributed by atoms with Crippen molar-refractivity contribution in [2.45, 2.75) is 6.61 Å². The number of carbonyl (C=O) groups excluding carboxylic acids is 2. The maximum absolute atomic E-state index is 13.2. The first-order valence-electron chi connectivity index (χ1n) is 8.52. The largest absolute Gasteiger partial charge is 0.489 e. The zero-order valence-corrected chi connectivity index (χ0v) is 15.1. The first kappa shape index (κ1) is 19.1. The van der Waals surface area contributed by atoms with Crippen molar-refractivity contribution in [3.8, 4) is 5.75 Å². The molecule has 0 aromatic heterocycles. The Balaban J connectivity index is 1.63. The number of rotatable bonds is 6. The summed E-state index contributed by atoms with van der Waals surface area (Å²) in [5, 5.41) is 2.77. The maximum atomic E-state index is 13.2. The molecule has 0 radical (unpaired) electrons. The van der Waals surface area contributed by atoms with E-state index in [1.165, 1.54) is 31.4 Å². The summed E-state index contributed by atoms with van der Waals surface area (Å²) in [5.74, 6) is -0.558. The van der Waals surface area contributed by atoms with Gasteiger partial charge in [0.25, 0.3) is 5.91 Å². The van der Waals surface area contributed by atoms with E-state index < -0.39 is 5.97 Å². The van der Waals surface area contributed by atoms with E-state index in [0.717, 1.165) is 0 Å². The van der Waals surface area contributed by atoms with Gasteiger partial charge in [0.05, 0.1) is 12.7 Å². The van der Waals surface area contributed by atoms with E-state index in [1.54, 1.807) is 48.5 Å². The predicted octanol–water partition coefficient (Wildman–Crippen LogP) is 4.44. The summed E-state index contributed by atoms with van der Waals surface area (Å²) in [6.07, 6.45) is 0. The Bertz CT molecular complexity index is 986. The quantitative estimate of drug-likeness (QED) is 0.643. The van der Waals surface area contributed by atoms with Crippen LogP contribution in [0.3, 0.4) is 0 Å². The fourth-order valence-corrected chi connectivity index (χ4v) is 2.54. The fourth-order valence-electron chi connectivity index (χ4n) is 2.54. The van der Waals surface area contributed by atoms with E-state index in [4.69, 9.17) is 4.74 Å². The maximum Gasteiger partial charge on any atom is 0.337 e. The summed E-state index contributed by atoms with van der Waals surface area (Å²) >= 11 is 0. The van der Waals surface area contributed by atoms with Gasteiger partial charge in [0.1, 0.15) is 18.2 Å². The molecule has 6 heteroatoms. The second-order valence-electron chi connectivity index (χ2n) is 5.97. The third kappa shape index (κ3) is 4.94. The molecule has 28 heavy (non-hydrogen) atoms. The monoisotopic (exact) mass is 379 g/mol. The van der Waals surface area contributed by atoms with Crippen molar-refractivity contribution < 1.29 is 23.5 Å². The Hall–Kier alpha value is -3.67. The number of methoxy groups -OCH3 is 1. The van der Waals surface area contributed by atoms with Crippen LogP contribution in [-0.4, -0.2) is 19.0 Å². The molecule has 0 saturated heterocycles. The third-order valence-electron chi connectivity index (χ3n) is 3.95. The van der Waals surface area contributed by atoms with Crippen LogP contribution in [-0.2, 0) is 11.3 Å². The Labute approximate surface area is 161 Å². The molecular formula is C22H18FNO4. The normalized spacial score (nSPS) is 10.2. The van der Waals surface area contributed by atoms with Gasteiger partial charge >= 0.3 is 5.97 Å². The Morgan fingerprint density at radius 2 is 1.64 bits per heavy atom. The molecule has 3 rings (SSSR count). The highest BCUT2D eigenvalue weighted by atomic mass is 19.1. The minimum Gasteiger partial charge on any atom is -0.489 e. The number of benzene rings is 3. The molecule has 0 aliphatic heterocycles. The summed E-state index contributed by atoms with van der Waals surface area (Å²) < 4.78 is 23.5. The number of ether oxygens (including phenoxy) is 2. The highest BCUT2D eigenvalue weighted by molar-refractivity contribution is 6.04. The van der Waals surface area contributed by atoms with Gasteiger partial charge in [-0.25, -0.2) is 9.18 Å². The number of amides is 1. The molecule has 0 aliphatic carbocycles. The number of hydrogen-bond donors (Lipinski definition) is 1. The van der Waals surface area contributed by atoms with E-state index in [0.29, 0.717) is 28.1 Å². The van der Waals surface area contributed by atoms with E-state index in [-0.39, 0.29) is 18.3 Å². The molecular weight excluding hydrogens is 361 g/mol. The number of nitrogens with one attached hydrogen (secondary N) is 1. The van der Waals surface area contributed by atoms with E-state index >= 15 is 0 Å². The first-order chi connectivity index (χ1) is 13.5. The van der Waals surface area contributed by atoms with Gasteiger partial charge in [0.2, 0.25) is 0 Å². The van der Waals surface area contributed by atoms with Gasteiger partial charge in [-0.05, 0) is 54.1 Å². The number of carbonyl (C=O) groups is 2. The van der Waals surface area contributed by atoms with Gasteiger partial charge in [0, 0.05) is 17.3 Å². The molecule has 3 aromatic carbocycles. The highest BCUT2D eigenvalue weighted by Crippen LogP contribution is 2.20. The average molecular weight is 379 g/mol. The number of hydrogen-bond acceptors (Lipinski definition) is 4. The van der Waals surface area contributed by atoms with Crippen molar-refractivity contribution in [2.75, 3.05) is 12.4 Å². The summed E-state index contributed by atoms with van der Waals surface area (Å²) in [4.78, 5) is 23.8. The zero-order valence-electron chi connectivity index (χ0n) is 15.1.